The first-order valence-corrected chi connectivity index (χ1v) is 8.36. The highest BCUT2D eigenvalue weighted by molar-refractivity contribution is 7.87. The minimum atomic E-state index is -3.89. The molecule has 0 saturated heterocycles. The molecule has 2 aromatic carbocycles. The molecule has 0 saturated carbocycles. The first-order valence-electron chi connectivity index (χ1n) is 6.95. The van der Waals surface area contributed by atoms with E-state index < -0.39 is 16.1 Å². The van der Waals surface area contributed by atoms with Crippen LogP contribution in [0.1, 0.15) is 12.0 Å². The monoisotopic (exact) mass is 335 g/mol. The van der Waals surface area contributed by atoms with Crippen LogP contribution in [0.5, 0.6) is 5.75 Å². The molecule has 23 heavy (non-hydrogen) atoms. The molecule has 7 heteroatoms. The van der Waals surface area contributed by atoms with Crippen LogP contribution in [0, 0.1) is 0 Å². The molecule has 0 unspecified atom stereocenters. The van der Waals surface area contributed by atoms with Gasteiger partial charge in [-0.1, -0.05) is 30.3 Å². The van der Waals surface area contributed by atoms with E-state index in [9.17, 15) is 13.2 Å². The number of hydrogen-bond acceptors (Lipinski definition) is 6. The van der Waals surface area contributed by atoms with Gasteiger partial charge >= 0.3 is 16.1 Å². The molecular weight excluding hydrogens is 318 g/mol. The van der Waals surface area contributed by atoms with Gasteiger partial charge in [-0.25, -0.2) is 0 Å². The molecule has 0 aliphatic carbocycles. The summed E-state index contributed by atoms with van der Waals surface area (Å²) in [6.07, 6.45) is 0.137. The predicted octanol–water partition coefficient (Wildman–Crippen LogP) is 1.85. The van der Waals surface area contributed by atoms with Crippen molar-refractivity contribution in [1.82, 2.24) is 0 Å². The Labute approximate surface area is 135 Å². The van der Waals surface area contributed by atoms with Crippen molar-refractivity contribution in [1.29, 1.82) is 0 Å². The van der Waals surface area contributed by atoms with Crippen molar-refractivity contribution in [3.8, 4) is 5.75 Å². The van der Waals surface area contributed by atoms with Gasteiger partial charge < -0.3 is 14.7 Å². The van der Waals surface area contributed by atoms with Gasteiger partial charge in [0.15, 0.2) is 0 Å². The fraction of sp³-hybridized carbons (Fsp3) is 0.188. The van der Waals surface area contributed by atoms with E-state index in [1.54, 1.807) is 30.3 Å². The average molecular weight is 335 g/mol. The average Bonchev–Trinajstić information content (AvgIpc) is 2.54. The van der Waals surface area contributed by atoms with Gasteiger partial charge in [0.05, 0.1) is 6.42 Å². The Hall–Kier alpha value is -2.38. The molecule has 0 bridgehead atoms. The minimum Gasteiger partial charge on any atom is -0.461 e. The van der Waals surface area contributed by atoms with E-state index in [4.69, 9.17) is 14.7 Å². The van der Waals surface area contributed by atoms with E-state index in [1.165, 1.54) is 24.3 Å². The highest BCUT2D eigenvalue weighted by Gasteiger charge is 2.16. The van der Waals surface area contributed by atoms with Gasteiger partial charge in [-0.05, 0) is 29.8 Å². The van der Waals surface area contributed by atoms with Crippen LogP contribution in [0.25, 0.3) is 0 Å². The Morgan fingerprint density at radius 2 is 1.78 bits per heavy atom. The van der Waals surface area contributed by atoms with Crippen LogP contribution in [0.4, 0.5) is 0 Å². The maximum atomic E-state index is 12.1. The van der Waals surface area contributed by atoms with Crippen molar-refractivity contribution in [3.05, 3.63) is 60.2 Å². The molecule has 122 valence electrons. The zero-order valence-electron chi connectivity index (χ0n) is 12.3. The van der Waals surface area contributed by atoms with Crippen LogP contribution in [-0.4, -0.2) is 20.9 Å². The van der Waals surface area contributed by atoms with E-state index in [-0.39, 0.29) is 30.2 Å². The van der Waals surface area contributed by atoms with Crippen LogP contribution in [0.2, 0.25) is 0 Å². The van der Waals surface area contributed by atoms with E-state index in [0.29, 0.717) is 5.56 Å². The van der Waals surface area contributed by atoms with E-state index in [0.717, 1.165) is 0 Å². The zero-order valence-corrected chi connectivity index (χ0v) is 13.2. The lowest BCUT2D eigenvalue weighted by molar-refractivity contribution is -0.144. The van der Waals surface area contributed by atoms with Crippen molar-refractivity contribution in [3.63, 3.8) is 0 Å². The largest absolute Gasteiger partial charge is 0.461 e. The van der Waals surface area contributed by atoms with E-state index >= 15 is 0 Å². The first kappa shape index (κ1) is 17.0. The van der Waals surface area contributed by atoms with Gasteiger partial charge in [0, 0.05) is 6.54 Å². The maximum absolute atomic E-state index is 12.1. The Kier molecular flexibility index (Phi) is 5.72. The van der Waals surface area contributed by atoms with Crippen LogP contribution >= 0.6 is 0 Å². The van der Waals surface area contributed by atoms with Crippen LogP contribution < -0.4 is 9.92 Å². The molecule has 0 spiro atoms. The normalized spacial score (nSPS) is 11.0. The summed E-state index contributed by atoms with van der Waals surface area (Å²) in [7, 11) is -3.89. The number of hydrogen-bond donors (Lipinski definition) is 1. The molecule has 0 radical (unpaired) electrons. The summed E-state index contributed by atoms with van der Waals surface area (Å²) < 4.78 is 34.4. The van der Waals surface area contributed by atoms with E-state index in [1.807, 2.05) is 0 Å². The highest BCUT2D eigenvalue weighted by Crippen LogP contribution is 2.20. The Bertz CT molecular complexity index is 759. The fourth-order valence-corrected chi connectivity index (χ4v) is 2.75. The lowest BCUT2D eigenvalue weighted by atomic mass is 10.2. The SMILES string of the molecule is NCCC(=O)OCc1cccc(OS(=O)(=O)c2ccccc2)c1. The van der Waals surface area contributed by atoms with Crippen molar-refractivity contribution in [2.24, 2.45) is 5.73 Å². The molecule has 0 amide bonds. The molecule has 0 atom stereocenters. The third-order valence-corrected chi connectivity index (χ3v) is 4.15. The summed E-state index contributed by atoms with van der Waals surface area (Å²) in [4.78, 5) is 11.4. The molecule has 2 aromatic rings. The number of benzene rings is 2. The molecule has 0 aliphatic rings. The molecule has 0 fully saturated rings. The van der Waals surface area contributed by atoms with Gasteiger partial charge in [0.2, 0.25) is 0 Å². The third kappa shape index (κ3) is 5.08. The summed E-state index contributed by atoms with van der Waals surface area (Å²) in [5.74, 6) is -0.253. The van der Waals surface area contributed by atoms with Gasteiger partial charge in [0.25, 0.3) is 0 Å². The highest BCUT2D eigenvalue weighted by atomic mass is 32.2. The van der Waals surface area contributed by atoms with Crippen LogP contribution in [0.3, 0.4) is 0 Å². The Morgan fingerprint density at radius 3 is 2.48 bits per heavy atom. The second-order valence-corrected chi connectivity index (χ2v) is 6.24. The number of carbonyl (C=O) groups is 1. The lowest BCUT2D eigenvalue weighted by Gasteiger charge is -2.09. The molecule has 2 rings (SSSR count). The summed E-state index contributed by atoms with van der Waals surface area (Å²) in [6.45, 7) is 0.249. The predicted molar refractivity (Wildman–Crippen MR) is 84.2 cm³/mol. The number of esters is 1. The van der Waals surface area contributed by atoms with Crippen molar-refractivity contribution in [2.75, 3.05) is 6.54 Å². The fourth-order valence-electron chi connectivity index (χ4n) is 1.80. The first-order chi connectivity index (χ1) is 11.0. The Balaban J connectivity index is 2.07. The molecular formula is C16H17NO5S. The van der Waals surface area contributed by atoms with Crippen molar-refractivity contribution < 1.29 is 22.1 Å². The number of ether oxygens (including phenoxy) is 1. The maximum Gasteiger partial charge on any atom is 0.339 e. The van der Waals surface area contributed by atoms with Crippen molar-refractivity contribution >= 4 is 16.1 Å². The van der Waals surface area contributed by atoms with Crippen molar-refractivity contribution in [2.45, 2.75) is 17.9 Å². The standard InChI is InChI=1S/C16H17NO5S/c17-10-9-16(18)21-12-13-5-4-6-14(11-13)22-23(19,20)15-7-2-1-3-8-15/h1-8,11H,9-10,12,17H2. The summed E-state index contributed by atoms with van der Waals surface area (Å²) in [6, 6.07) is 14.2. The van der Waals surface area contributed by atoms with Gasteiger partial charge in [0.1, 0.15) is 17.3 Å². The van der Waals surface area contributed by atoms with Gasteiger partial charge in [-0.3, -0.25) is 4.79 Å². The summed E-state index contributed by atoms with van der Waals surface area (Å²) in [5.41, 5.74) is 5.88. The molecule has 0 aromatic heterocycles. The van der Waals surface area contributed by atoms with Gasteiger partial charge in [-0.15, -0.1) is 0 Å². The summed E-state index contributed by atoms with van der Waals surface area (Å²) in [5, 5.41) is 0. The van der Waals surface area contributed by atoms with E-state index in [2.05, 4.69) is 0 Å². The quantitative estimate of drug-likeness (QED) is 0.613. The molecule has 0 heterocycles. The summed E-state index contributed by atoms with van der Waals surface area (Å²) >= 11 is 0. The number of carbonyl (C=O) groups excluding carboxylic acids is 1. The minimum absolute atomic E-state index is 0.0292. The second kappa shape index (κ2) is 7.75. The Morgan fingerprint density at radius 1 is 1.04 bits per heavy atom. The third-order valence-electron chi connectivity index (χ3n) is 2.88. The second-order valence-electron chi connectivity index (χ2n) is 4.70. The molecule has 2 N–H and O–H groups in total. The molecule has 6 nitrogen and oxygen atoms in total. The van der Waals surface area contributed by atoms with Gasteiger partial charge in [-0.2, -0.15) is 8.42 Å². The number of nitrogens with two attached hydrogens (primary N) is 1. The number of rotatable bonds is 7. The zero-order chi connectivity index (χ0) is 16.7. The smallest absolute Gasteiger partial charge is 0.339 e. The van der Waals surface area contributed by atoms with Crippen LogP contribution in [0.15, 0.2) is 59.5 Å². The van der Waals surface area contributed by atoms with Crippen LogP contribution in [-0.2, 0) is 26.3 Å². The lowest BCUT2D eigenvalue weighted by Crippen LogP contribution is -2.11. The molecule has 0 aliphatic heterocycles. The topological polar surface area (TPSA) is 95.7 Å².